The molecule has 42 heavy (non-hydrogen) atoms. The van der Waals surface area contributed by atoms with Gasteiger partial charge >= 0.3 is 12.0 Å². The predicted octanol–water partition coefficient (Wildman–Crippen LogP) is 8.05. The maximum absolute atomic E-state index is 13.7. The number of carbonyl (C=O) groups excluding carboxylic acids is 2. The average molecular weight is 717 g/mol. The smallest absolute Gasteiger partial charge is 0.328 e. The van der Waals surface area contributed by atoms with E-state index >= 15 is 0 Å². The standard InChI is InChI=1S/C31H30ClIN4O4S/c32-23-16-25(33)28-26(17-23)35-30(42-28)36-31(41)37(24-12-10-21(11-13-24)20-4-2-1-3-5-20)18-19-6-8-22(9-7-19)29(40)34-15-14-27(38)39/h6-13,16-17,20H,1-5,14-15,18H2,(H,34,40)(H,38,39)(H,35,36,41). The Morgan fingerprint density at radius 1 is 1.02 bits per heavy atom. The molecular formula is C31H30ClIN4O4S. The number of nitrogens with zero attached hydrogens (tertiary/aromatic N) is 2. The van der Waals surface area contributed by atoms with Gasteiger partial charge in [0.25, 0.3) is 5.91 Å². The van der Waals surface area contributed by atoms with Crippen LogP contribution in [0.2, 0.25) is 5.02 Å². The van der Waals surface area contributed by atoms with Gasteiger partial charge in [0.05, 0.1) is 23.2 Å². The first-order valence-corrected chi connectivity index (χ1v) is 16.1. The van der Waals surface area contributed by atoms with Gasteiger partial charge in [-0.2, -0.15) is 0 Å². The molecule has 5 rings (SSSR count). The molecule has 3 amide bonds. The van der Waals surface area contributed by atoms with E-state index in [1.807, 2.05) is 18.2 Å². The van der Waals surface area contributed by atoms with Gasteiger partial charge < -0.3 is 10.4 Å². The van der Waals surface area contributed by atoms with Crippen molar-refractivity contribution in [3.8, 4) is 0 Å². The highest BCUT2D eigenvalue weighted by Gasteiger charge is 2.21. The zero-order chi connectivity index (χ0) is 29.6. The third-order valence-corrected chi connectivity index (χ3v) is 9.79. The fourth-order valence-electron chi connectivity index (χ4n) is 5.14. The number of nitrogens with one attached hydrogen (secondary N) is 2. The van der Waals surface area contributed by atoms with Crippen molar-refractivity contribution in [2.24, 2.45) is 0 Å². The van der Waals surface area contributed by atoms with Crippen LogP contribution in [-0.2, 0) is 11.3 Å². The molecule has 3 N–H and O–H groups in total. The average Bonchev–Trinajstić information content (AvgIpc) is 3.39. The normalized spacial score (nSPS) is 13.6. The first kappa shape index (κ1) is 30.2. The SMILES string of the molecule is O=C(O)CCNC(=O)c1ccc(CN(C(=O)Nc2nc3cc(Cl)cc(I)c3s2)c2ccc(C3CCCCC3)cc2)cc1. The fourth-order valence-corrected chi connectivity index (χ4v) is 7.32. The molecular weight excluding hydrogens is 687 g/mol. The Kier molecular flexibility index (Phi) is 9.96. The van der Waals surface area contributed by atoms with Gasteiger partial charge in [0.2, 0.25) is 0 Å². The number of fused-ring (bicyclic) bond motifs is 1. The van der Waals surface area contributed by atoms with E-state index in [1.165, 1.54) is 49.0 Å². The molecule has 0 aliphatic heterocycles. The van der Waals surface area contributed by atoms with Crippen molar-refractivity contribution < 1.29 is 19.5 Å². The Morgan fingerprint density at radius 3 is 2.43 bits per heavy atom. The van der Waals surface area contributed by atoms with Crippen molar-refractivity contribution in [3.63, 3.8) is 0 Å². The molecule has 4 aromatic rings. The van der Waals surface area contributed by atoms with Crippen LogP contribution >= 0.6 is 45.5 Å². The van der Waals surface area contributed by atoms with Crippen LogP contribution in [0.5, 0.6) is 0 Å². The number of aromatic nitrogens is 1. The number of carboxylic acid groups (broad SMARTS) is 1. The van der Waals surface area contributed by atoms with Crippen LogP contribution in [-0.4, -0.2) is 34.5 Å². The quantitative estimate of drug-likeness (QED) is 0.152. The van der Waals surface area contributed by atoms with E-state index in [0.29, 0.717) is 21.6 Å². The number of hydrogen-bond donors (Lipinski definition) is 3. The van der Waals surface area contributed by atoms with Gasteiger partial charge in [-0.05, 0) is 88.9 Å². The highest BCUT2D eigenvalue weighted by Crippen LogP contribution is 2.35. The second-order valence-electron chi connectivity index (χ2n) is 10.3. The Morgan fingerprint density at radius 2 is 1.74 bits per heavy atom. The maximum atomic E-state index is 13.7. The summed E-state index contributed by atoms with van der Waals surface area (Å²) >= 11 is 9.82. The minimum Gasteiger partial charge on any atom is -0.481 e. The van der Waals surface area contributed by atoms with Gasteiger partial charge in [0.1, 0.15) is 0 Å². The number of hydrogen-bond acceptors (Lipinski definition) is 5. The van der Waals surface area contributed by atoms with Gasteiger partial charge in [-0.15, -0.1) is 0 Å². The summed E-state index contributed by atoms with van der Waals surface area (Å²) in [6.45, 7) is 0.321. The largest absolute Gasteiger partial charge is 0.481 e. The van der Waals surface area contributed by atoms with E-state index in [9.17, 15) is 14.4 Å². The number of benzene rings is 3. The molecule has 1 aromatic heterocycles. The van der Waals surface area contributed by atoms with Gasteiger partial charge in [-0.25, -0.2) is 9.78 Å². The number of carboxylic acids is 1. The van der Waals surface area contributed by atoms with Crippen molar-refractivity contribution in [3.05, 3.63) is 85.9 Å². The highest BCUT2D eigenvalue weighted by molar-refractivity contribution is 14.1. The number of carbonyl (C=O) groups is 3. The minimum atomic E-state index is -0.972. The van der Waals surface area contributed by atoms with Gasteiger partial charge in [-0.3, -0.25) is 19.8 Å². The van der Waals surface area contributed by atoms with E-state index in [0.717, 1.165) is 25.0 Å². The van der Waals surface area contributed by atoms with Crippen LogP contribution in [0.3, 0.4) is 0 Å². The van der Waals surface area contributed by atoms with Crippen molar-refractivity contribution in [2.75, 3.05) is 16.8 Å². The Bertz CT molecular complexity index is 1590. The molecule has 218 valence electrons. The summed E-state index contributed by atoms with van der Waals surface area (Å²) in [5, 5.41) is 15.4. The third-order valence-electron chi connectivity index (χ3n) is 7.33. The van der Waals surface area contributed by atoms with Crippen LogP contribution in [0.1, 0.15) is 65.9 Å². The van der Waals surface area contributed by atoms with Crippen molar-refractivity contribution in [1.29, 1.82) is 0 Å². The number of halogens is 2. The first-order chi connectivity index (χ1) is 20.3. The van der Waals surface area contributed by atoms with Crippen molar-refractivity contribution in [2.45, 2.75) is 51.0 Å². The summed E-state index contributed by atoms with van der Waals surface area (Å²) < 4.78 is 1.92. The zero-order valence-electron chi connectivity index (χ0n) is 22.7. The van der Waals surface area contributed by atoms with Crippen molar-refractivity contribution in [1.82, 2.24) is 10.3 Å². The van der Waals surface area contributed by atoms with Crippen LogP contribution in [0.4, 0.5) is 15.6 Å². The minimum absolute atomic E-state index is 0.0533. The lowest BCUT2D eigenvalue weighted by Crippen LogP contribution is -2.34. The molecule has 1 fully saturated rings. The summed E-state index contributed by atoms with van der Waals surface area (Å²) in [5.41, 5.74) is 4.03. The summed E-state index contributed by atoms with van der Waals surface area (Å²) in [7, 11) is 0. The number of amides is 3. The van der Waals surface area contributed by atoms with Gasteiger partial charge in [0.15, 0.2) is 5.13 Å². The molecule has 0 bridgehead atoms. The summed E-state index contributed by atoms with van der Waals surface area (Å²) in [6.07, 6.45) is 6.04. The van der Waals surface area contributed by atoms with Gasteiger partial charge in [-0.1, -0.05) is 66.5 Å². The van der Waals surface area contributed by atoms with E-state index in [2.05, 4.69) is 50.3 Å². The summed E-state index contributed by atoms with van der Waals surface area (Å²) in [4.78, 5) is 43.1. The molecule has 1 aliphatic rings. The molecule has 0 spiro atoms. The zero-order valence-corrected chi connectivity index (χ0v) is 26.5. The number of thiazole rings is 1. The fraction of sp³-hybridized carbons (Fsp3) is 0.290. The van der Waals surface area contributed by atoms with Crippen LogP contribution in [0, 0.1) is 3.57 Å². The molecule has 0 saturated heterocycles. The van der Waals surface area contributed by atoms with E-state index < -0.39 is 5.97 Å². The van der Waals surface area contributed by atoms with E-state index in [1.54, 1.807) is 35.2 Å². The molecule has 0 atom stereocenters. The highest BCUT2D eigenvalue weighted by atomic mass is 127. The Hall–Kier alpha value is -3.22. The lowest BCUT2D eigenvalue weighted by molar-refractivity contribution is -0.136. The molecule has 3 aromatic carbocycles. The summed E-state index contributed by atoms with van der Waals surface area (Å²) in [5.74, 6) is -0.761. The second-order valence-corrected chi connectivity index (χ2v) is 12.9. The second kappa shape index (κ2) is 13.8. The topological polar surface area (TPSA) is 112 Å². The number of rotatable bonds is 9. The van der Waals surface area contributed by atoms with Crippen molar-refractivity contribution >= 4 is 84.5 Å². The molecule has 0 unspecified atom stereocenters. The number of urea groups is 1. The van der Waals surface area contributed by atoms with Crippen LogP contribution < -0.4 is 15.5 Å². The monoisotopic (exact) mass is 716 g/mol. The molecule has 8 nitrogen and oxygen atoms in total. The maximum Gasteiger partial charge on any atom is 0.328 e. The first-order valence-electron chi connectivity index (χ1n) is 13.8. The van der Waals surface area contributed by atoms with Crippen LogP contribution in [0.25, 0.3) is 10.2 Å². The number of anilines is 2. The third kappa shape index (κ3) is 7.59. The lowest BCUT2D eigenvalue weighted by Gasteiger charge is -2.25. The van der Waals surface area contributed by atoms with Gasteiger partial charge in [0, 0.05) is 26.4 Å². The lowest BCUT2D eigenvalue weighted by atomic mass is 9.84. The predicted molar refractivity (Wildman–Crippen MR) is 176 cm³/mol. The molecule has 0 radical (unpaired) electrons. The molecule has 1 aliphatic carbocycles. The molecule has 1 saturated carbocycles. The van der Waals surface area contributed by atoms with E-state index in [-0.39, 0.29) is 31.4 Å². The van der Waals surface area contributed by atoms with Crippen LogP contribution in [0.15, 0.2) is 60.7 Å². The Labute approximate surface area is 266 Å². The molecule has 11 heteroatoms. The number of aliphatic carboxylic acids is 1. The van der Waals surface area contributed by atoms with E-state index in [4.69, 9.17) is 16.7 Å². The summed E-state index contributed by atoms with van der Waals surface area (Å²) in [6, 6.07) is 18.5. The molecule has 1 heterocycles. The Balaban J connectivity index is 1.36.